The predicted molar refractivity (Wildman–Crippen MR) is 82.5 cm³/mol. The molecular formula is C16H18N2O3. The standard InChI is InChI=1S/C16H18N2O3/c1-4-12(17)15-14(19)9-13(18(2)16(15)20)10-5-7-11(21-3)8-6-10/h5-9,17,19H,4H2,1-3H3. The van der Waals surface area contributed by atoms with E-state index in [0.717, 1.165) is 11.3 Å². The minimum absolute atomic E-state index is 0.0669. The smallest absolute Gasteiger partial charge is 0.263 e. The first-order chi connectivity index (χ1) is 9.99. The van der Waals surface area contributed by atoms with Gasteiger partial charge >= 0.3 is 0 Å². The lowest BCUT2D eigenvalue weighted by Crippen LogP contribution is -2.25. The van der Waals surface area contributed by atoms with Crippen LogP contribution < -0.4 is 10.3 Å². The highest BCUT2D eigenvalue weighted by Gasteiger charge is 2.16. The Kier molecular flexibility index (Phi) is 4.12. The van der Waals surface area contributed by atoms with Gasteiger partial charge in [0.2, 0.25) is 0 Å². The van der Waals surface area contributed by atoms with Crippen molar-refractivity contribution in [3.05, 3.63) is 46.2 Å². The average molecular weight is 286 g/mol. The first-order valence-corrected chi connectivity index (χ1v) is 6.64. The van der Waals surface area contributed by atoms with E-state index >= 15 is 0 Å². The highest BCUT2D eigenvalue weighted by atomic mass is 16.5. The maximum Gasteiger partial charge on any atom is 0.263 e. The zero-order valence-electron chi connectivity index (χ0n) is 12.3. The second-order valence-corrected chi connectivity index (χ2v) is 4.71. The Labute approximate surface area is 122 Å². The summed E-state index contributed by atoms with van der Waals surface area (Å²) in [5, 5.41) is 17.9. The number of nitrogens with one attached hydrogen (secondary N) is 1. The van der Waals surface area contributed by atoms with Gasteiger partial charge in [0.1, 0.15) is 17.1 Å². The van der Waals surface area contributed by atoms with Gasteiger partial charge in [-0.05, 0) is 36.2 Å². The molecule has 21 heavy (non-hydrogen) atoms. The van der Waals surface area contributed by atoms with E-state index in [-0.39, 0.29) is 22.6 Å². The Morgan fingerprint density at radius 1 is 1.33 bits per heavy atom. The van der Waals surface area contributed by atoms with Crippen molar-refractivity contribution in [3.63, 3.8) is 0 Å². The Balaban J connectivity index is 2.61. The van der Waals surface area contributed by atoms with Gasteiger partial charge in [0, 0.05) is 18.8 Å². The molecule has 0 bridgehead atoms. The molecule has 5 nitrogen and oxygen atoms in total. The number of aromatic nitrogens is 1. The minimum atomic E-state index is -0.368. The van der Waals surface area contributed by atoms with Gasteiger partial charge in [-0.2, -0.15) is 0 Å². The molecular weight excluding hydrogens is 268 g/mol. The van der Waals surface area contributed by atoms with Gasteiger partial charge in [-0.1, -0.05) is 6.92 Å². The summed E-state index contributed by atoms with van der Waals surface area (Å²) in [6.45, 7) is 1.78. The van der Waals surface area contributed by atoms with Crippen LogP contribution >= 0.6 is 0 Å². The fourth-order valence-corrected chi connectivity index (χ4v) is 2.18. The first-order valence-electron chi connectivity index (χ1n) is 6.64. The quantitative estimate of drug-likeness (QED) is 0.848. The molecule has 0 spiro atoms. The van der Waals surface area contributed by atoms with Gasteiger partial charge in [-0.3, -0.25) is 4.79 Å². The van der Waals surface area contributed by atoms with Crippen LogP contribution in [-0.2, 0) is 7.05 Å². The van der Waals surface area contributed by atoms with Crippen molar-refractivity contribution in [2.24, 2.45) is 7.05 Å². The molecule has 0 aliphatic rings. The number of nitrogens with zero attached hydrogens (tertiary/aromatic N) is 1. The number of methoxy groups -OCH3 is 1. The van der Waals surface area contributed by atoms with E-state index in [9.17, 15) is 9.90 Å². The van der Waals surface area contributed by atoms with Crippen molar-refractivity contribution in [1.82, 2.24) is 4.57 Å². The summed E-state index contributed by atoms with van der Waals surface area (Å²) < 4.78 is 6.55. The number of rotatable bonds is 4. The fraction of sp³-hybridized carbons (Fsp3) is 0.250. The van der Waals surface area contributed by atoms with Gasteiger partial charge in [-0.15, -0.1) is 0 Å². The van der Waals surface area contributed by atoms with Crippen LogP contribution in [-0.4, -0.2) is 22.5 Å². The molecule has 110 valence electrons. The Bertz CT molecular complexity index is 730. The van der Waals surface area contributed by atoms with Gasteiger partial charge in [0.15, 0.2) is 0 Å². The zero-order valence-corrected chi connectivity index (χ0v) is 12.3. The van der Waals surface area contributed by atoms with Crippen LogP contribution in [0.4, 0.5) is 0 Å². The second kappa shape index (κ2) is 5.83. The number of aromatic hydroxyl groups is 1. The monoisotopic (exact) mass is 286 g/mol. The van der Waals surface area contributed by atoms with Crippen molar-refractivity contribution in [3.8, 4) is 22.8 Å². The summed E-state index contributed by atoms with van der Waals surface area (Å²) in [6.07, 6.45) is 0.394. The molecule has 0 aliphatic heterocycles. The average Bonchev–Trinajstić information content (AvgIpc) is 2.51. The normalized spacial score (nSPS) is 10.4. The molecule has 0 unspecified atom stereocenters. The third kappa shape index (κ3) is 2.67. The van der Waals surface area contributed by atoms with Gasteiger partial charge < -0.3 is 19.8 Å². The summed E-state index contributed by atoms with van der Waals surface area (Å²) in [5.41, 5.74) is 1.22. The van der Waals surface area contributed by atoms with Crippen LogP contribution in [0.15, 0.2) is 35.1 Å². The van der Waals surface area contributed by atoms with E-state index in [1.165, 1.54) is 10.6 Å². The Morgan fingerprint density at radius 2 is 1.95 bits per heavy atom. The molecule has 2 rings (SSSR count). The second-order valence-electron chi connectivity index (χ2n) is 4.71. The molecule has 1 aromatic carbocycles. The topological polar surface area (TPSA) is 75.3 Å². The first kappa shape index (κ1) is 14.8. The highest BCUT2D eigenvalue weighted by molar-refractivity contribution is 6.00. The molecule has 0 saturated carbocycles. The molecule has 5 heteroatoms. The molecule has 2 aromatic rings. The summed E-state index contributed by atoms with van der Waals surface area (Å²) in [6, 6.07) is 8.73. The Hall–Kier alpha value is -2.56. The van der Waals surface area contributed by atoms with E-state index in [1.807, 2.05) is 12.1 Å². The molecule has 1 heterocycles. The number of hydrogen-bond acceptors (Lipinski definition) is 4. The minimum Gasteiger partial charge on any atom is -0.507 e. The van der Waals surface area contributed by atoms with Crippen LogP contribution in [0.3, 0.4) is 0 Å². The van der Waals surface area contributed by atoms with Gasteiger partial charge in [-0.25, -0.2) is 0 Å². The molecule has 0 fully saturated rings. The number of benzene rings is 1. The molecule has 0 atom stereocenters. The zero-order chi connectivity index (χ0) is 15.6. The van der Waals surface area contributed by atoms with E-state index in [4.69, 9.17) is 10.1 Å². The summed E-state index contributed by atoms with van der Waals surface area (Å²) in [4.78, 5) is 12.3. The van der Waals surface area contributed by atoms with Crippen molar-refractivity contribution < 1.29 is 9.84 Å². The summed E-state index contributed by atoms with van der Waals surface area (Å²) >= 11 is 0. The van der Waals surface area contributed by atoms with Gasteiger partial charge in [0.05, 0.1) is 12.8 Å². The van der Waals surface area contributed by atoms with Crippen LogP contribution in [0.25, 0.3) is 11.3 Å². The lowest BCUT2D eigenvalue weighted by molar-refractivity contribution is 0.415. The van der Waals surface area contributed by atoms with Crippen LogP contribution in [0.5, 0.6) is 11.5 Å². The Morgan fingerprint density at radius 3 is 2.48 bits per heavy atom. The van der Waals surface area contributed by atoms with Crippen LogP contribution in [0.1, 0.15) is 18.9 Å². The van der Waals surface area contributed by atoms with Crippen LogP contribution in [0.2, 0.25) is 0 Å². The van der Waals surface area contributed by atoms with E-state index in [1.54, 1.807) is 33.2 Å². The van der Waals surface area contributed by atoms with Crippen LogP contribution in [0, 0.1) is 5.41 Å². The van der Waals surface area contributed by atoms with E-state index in [2.05, 4.69) is 0 Å². The summed E-state index contributed by atoms with van der Waals surface area (Å²) in [7, 11) is 3.22. The maximum atomic E-state index is 12.3. The predicted octanol–water partition coefficient (Wildman–Crippen LogP) is 2.54. The van der Waals surface area contributed by atoms with E-state index in [0.29, 0.717) is 12.1 Å². The molecule has 0 radical (unpaired) electrons. The fourth-order valence-electron chi connectivity index (χ4n) is 2.18. The largest absolute Gasteiger partial charge is 0.507 e. The number of pyridine rings is 1. The molecule has 2 N–H and O–H groups in total. The highest BCUT2D eigenvalue weighted by Crippen LogP contribution is 2.25. The number of ether oxygens (including phenoxy) is 1. The maximum absolute atomic E-state index is 12.3. The van der Waals surface area contributed by atoms with Crippen molar-refractivity contribution >= 4 is 5.71 Å². The number of hydrogen-bond donors (Lipinski definition) is 2. The van der Waals surface area contributed by atoms with Gasteiger partial charge in [0.25, 0.3) is 5.56 Å². The molecule has 0 aliphatic carbocycles. The SMILES string of the molecule is CCC(=N)c1c(O)cc(-c2ccc(OC)cc2)n(C)c1=O. The lowest BCUT2D eigenvalue weighted by Gasteiger charge is -2.13. The van der Waals surface area contributed by atoms with Crippen molar-refractivity contribution in [1.29, 1.82) is 5.41 Å². The lowest BCUT2D eigenvalue weighted by atomic mass is 10.1. The third-order valence-electron chi connectivity index (χ3n) is 3.45. The molecule has 1 aromatic heterocycles. The molecule has 0 saturated heterocycles. The third-order valence-corrected chi connectivity index (χ3v) is 3.45. The molecule has 0 amide bonds. The summed E-state index contributed by atoms with van der Waals surface area (Å²) in [5.74, 6) is 0.563. The van der Waals surface area contributed by atoms with Crippen molar-refractivity contribution in [2.75, 3.05) is 7.11 Å². The van der Waals surface area contributed by atoms with Crippen molar-refractivity contribution in [2.45, 2.75) is 13.3 Å². The van der Waals surface area contributed by atoms with E-state index < -0.39 is 0 Å².